The molecule has 2 heteroatoms. The number of carbonyl (C=O) groups is 1. The average molecular weight is 217 g/mol. The highest BCUT2D eigenvalue weighted by Crippen LogP contribution is 2.39. The minimum Gasteiger partial charge on any atom is -0.335 e. The summed E-state index contributed by atoms with van der Waals surface area (Å²) in [5.74, 6) is 0.172. The molecule has 1 aliphatic rings. The molecule has 1 aliphatic heterocycles. The molecule has 2 rings (SSSR count). The lowest BCUT2D eigenvalue weighted by atomic mass is 9.88. The topological polar surface area (TPSA) is 20.3 Å². The van der Waals surface area contributed by atoms with Crippen LogP contribution in [0, 0.1) is 27.7 Å². The van der Waals surface area contributed by atoms with Crippen LogP contribution in [0.15, 0.2) is 0 Å². The molecule has 1 amide bonds. The summed E-state index contributed by atoms with van der Waals surface area (Å²) in [5.41, 5.74) is 7.18. The zero-order chi connectivity index (χ0) is 12.2. The van der Waals surface area contributed by atoms with Crippen molar-refractivity contribution >= 4 is 5.91 Å². The van der Waals surface area contributed by atoms with E-state index in [4.69, 9.17) is 0 Å². The third kappa shape index (κ3) is 1.16. The Kier molecular flexibility index (Phi) is 2.33. The van der Waals surface area contributed by atoms with Gasteiger partial charge in [-0.3, -0.25) is 4.79 Å². The maximum Gasteiger partial charge on any atom is 0.254 e. The third-order valence-electron chi connectivity index (χ3n) is 4.27. The summed E-state index contributed by atoms with van der Waals surface area (Å²) in [5, 5.41) is 0. The Labute approximate surface area is 97.3 Å². The molecule has 0 aromatic heterocycles. The van der Waals surface area contributed by atoms with Crippen molar-refractivity contribution in [3.05, 3.63) is 33.4 Å². The summed E-state index contributed by atoms with van der Waals surface area (Å²) in [6.07, 6.45) is 0. The second kappa shape index (κ2) is 3.34. The monoisotopic (exact) mass is 217 g/mol. The van der Waals surface area contributed by atoms with Gasteiger partial charge < -0.3 is 4.90 Å². The van der Waals surface area contributed by atoms with Crippen LogP contribution >= 0.6 is 0 Å². The van der Waals surface area contributed by atoms with Crippen molar-refractivity contribution in [1.29, 1.82) is 0 Å². The zero-order valence-corrected chi connectivity index (χ0v) is 10.9. The third-order valence-corrected chi connectivity index (χ3v) is 4.27. The van der Waals surface area contributed by atoms with Crippen LogP contribution in [0.3, 0.4) is 0 Å². The van der Waals surface area contributed by atoms with E-state index in [0.717, 1.165) is 11.1 Å². The summed E-state index contributed by atoms with van der Waals surface area (Å²) in [4.78, 5) is 14.0. The number of rotatable bonds is 0. The van der Waals surface area contributed by atoms with E-state index < -0.39 is 0 Å². The maximum absolute atomic E-state index is 12.2. The Morgan fingerprint density at radius 2 is 1.44 bits per heavy atom. The Balaban J connectivity index is 2.86. The van der Waals surface area contributed by atoms with E-state index in [2.05, 4.69) is 34.6 Å². The van der Waals surface area contributed by atoms with E-state index in [9.17, 15) is 4.79 Å². The number of benzene rings is 1. The van der Waals surface area contributed by atoms with Gasteiger partial charge in [0.1, 0.15) is 0 Å². The van der Waals surface area contributed by atoms with Crippen molar-refractivity contribution in [2.45, 2.75) is 40.7 Å². The minimum atomic E-state index is 0.172. The van der Waals surface area contributed by atoms with E-state index in [1.807, 2.05) is 11.9 Å². The van der Waals surface area contributed by atoms with Gasteiger partial charge >= 0.3 is 0 Å². The molecule has 0 saturated carbocycles. The lowest BCUT2D eigenvalue weighted by molar-refractivity contribution is 0.0783. The number of carbonyl (C=O) groups excluding carboxylic acids is 1. The largest absolute Gasteiger partial charge is 0.335 e. The fourth-order valence-electron chi connectivity index (χ4n) is 2.69. The highest BCUT2D eigenvalue weighted by atomic mass is 16.2. The molecule has 0 aliphatic carbocycles. The van der Waals surface area contributed by atoms with E-state index in [1.165, 1.54) is 22.3 Å². The van der Waals surface area contributed by atoms with Crippen molar-refractivity contribution in [3.8, 4) is 0 Å². The number of hydrogen-bond acceptors (Lipinski definition) is 1. The summed E-state index contributed by atoms with van der Waals surface area (Å²) in [6, 6.07) is 0.209. The van der Waals surface area contributed by atoms with E-state index >= 15 is 0 Å². The van der Waals surface area contributed by atoms with Crippen LogP contribution in [0.1, 0.15) is 51.1 Å². The molecular formula is C14H19NO. The van der Waals surface area contributed by atoms with E-state index in [-0.39, 0.29) is 11.9 Å². The van der Waals surface area contributed by atoms with Gasteiger partial charge in [-0.25, -0.2) is 0 Å². The molecule has 16 heavy (non-hydrogen) atoms. The molecule has 1 heterocycles. The number of fused-ring (bicyclic) bond motifs is 1. The molecule has 1 aromatic rings. The Hall–Kier alpha value is -1.31. The van der Waals surface area contributed by atoms with Crippen LogP contribution in [0.5, 0.6) is 0 Å². The molecule has 1 aromatic carbocycles. The molecular weight excluding hydrogens is 198 g/mol. The van der Waals surface area contributed by atoms with E-state index in [1.54, 1.807) is 0 Å². The van der Waals surface area contributed by atoms with E-state index in [0.29, 0.717) is 0 Å². The SMILES string of the molecule is Cc1c(C)c(C)c2c(c1C)C(=O)N(C)C2C. The fourth-order valence-corrected chi connectivity index (χ4v) is 2.69. The van der Waals surface area contributed by atoms with Crippen molar-refractivity contribution in [2.24, 2.45) is 0 Å². The Morgan fingerprint density at radius 3 is 2.00 bits per heavy atom. The van der Waals surface area contributed by atoms with Gasteiger partial charge in [0, 0.05) is 12.6 Å². The average Bonchev–Trinajstić information content (AvgIpc) is 2.48. The quantitative estimate of drug-likeness (QED) is 0.654. The molecule has 0 spiro atoms. The molecule has 1 atom stereocenters. The second-order valence-corrected chi connectivity index (χ2v) is 4.88. The summed E-state index contributed by atoms with van der Waals surface area (Å²) < 4.78 is 0. The highest BCUT2D eigenvalue weighted by Gasteiger charge is 2.35. The highest BCUT2D eigenvalue weighted by molar-refractivity contribution is 6.01. The second-order valence-electron chi connectivity index (χ2n) is 4.88. The molecule has 0 radical (unpaired) electrons. The summed E-state index contributed by atoms with van der Waals surface area (Å²) >= 11 is 0. The van der Waals surface area contributed by atoms with Gasteiger partial charge in [-0.15, -0.1) is 0 Å². The molecule has 0 N–H and O–H groups in total. The van der Waals surface area contributed by atoms with Crippen molar-refractivity contribution < 1.29 is 4.79 Å². The fraction of sp³-hybridized carbons (Fsp3) is 0.500. The minimum absolute atomic E-state index is 0.172. The lowest BCUT2D eigenvalue weighted by Crippen LogP contribution is -2.21. The predicted octanol–water partition coefficient (Wildman–Crippen LogP) is 3.07. The first-order valence-electron chi connectivity index (χ1n) is 5.75. The first-order chi connectivity index (χ1) is 7.37. The van der Waals surface area contributed by atoms with Gasteiger partial charge in [-0.2, -0.15) is 0 Å². The summed E-state index contributed by atoms with van der Waals surface area (Å²) in [6.45, 7) is 10.5. The van der Waals surface area contributed by atoms with Gasteiger partial charge in [0.25, 0.3) is 5.91 Å². The lowest BCUT2D eigenvalue weighted by Gasteiger charge is -2.18. The molecule has 86 valence electrons. The number of amides is 1. The van der Waals surface area contributed by atoms with Crippen molar-refractivity contribution in [1.82, 2.24) is 4.90 Å². The Bertz CT molecular complexity index is 488. The normalized spacial score (nSPS) is 19.2. The van der Waals surface area contributed by atoms with Gasteiger partial charge in [0.15, 0.2) is 0 Å². The van der Waals surface area contributed by atoms with Crippen molar-refractivity contribution in [3.63, 3.8) is 0 Å². The van der Waals surface area contributed by atoms with Crippen LogP contribution in [0.4, 0.5) is 0 Å². The van der Waals surface area contributed by atoms with Gasteiger partial charge in [-0.1, -0.05) is 0 Å². The molecule has 1 unspecified atom stereocenters. The maximum atomic E-state index is 12.2. The Morgan fingerprint density at radius 1 is 0.938 bits per heavy atom. The van der Waals surface area contributed by atoms with Gasteiger partial charge in [0.05, 0.1) is 6.04 Å². The van der Waals surface area contributed by atoms with Crippen LogP contribution in [-0.2, 0) is 0 Å². The number of nitrogens with zero attached hydrogens (tertiary/aromatic N) is 1. The molecule has 2 nitrogen and oxygen atoms in total. The molecule has 0 bridgehead atoms. The van der Waals surface area contributed by atoms with Crippen LogP contribution in [0.25, 0.3) is 0 Å². The first-order valence-corrected chi connectivity index (χ1v) is 5.75. The van der Waals surface area contributed by atoms with Crippen LogP contribution < -0.4 is 0 Å². The van der Waals surface area contributed by atoms with Crippen LogP contribution in [0.2, 0.25) is 0 Å². The van der Waals surface area contributed by atoms with Gasteiger partial charge in [-0.05, 0) is 62.4 Å². The summed E-state index contributed by atoms with van der Waals surface area (Å²) in [7, 11) is 1.89. The molecule has 0 fully saturated rings. The first kappa shape index (κ1) is 11.2. The smallest absolute Gasteiger partial charge is 0.254 e. The standard InChI is InChI=1S/C14H19NO/c1-7-8(2)10(4)13-12(9(7)3)11(5)15(6)14(13)16/h11H,1-6H3. The van der Waals surface area contributed by atoms with Crippen molar-refractivity contribution in [2.75, 3.05) is 7.05 Å². The number of hydrogen-bond donors (Lipinski definition) is 0. The molecule has 0 saturated heterocycles. The van der Waals surface area contributed by atoms with Gasteiger partial charge in [0.2, 0.25) is 0 Å². The van der Waals surface area contributed by atoms with Crippen LogP contribution in [-0.4, -0.2) is 17.9 Å². The zero-order valence-electron chi connectivity index (χ0n) is 10.9. The predicted molar refractivity (Wildman–Crippen MR) is 65.9 cm³/mol.